The standard InChI is InChI=1S/C24H34O10/c1-5-17-15-23(17,19(25)31-7-3)21(27)33-13-11-29-9-10-30-12-14-34-22(28)24(16-18(24)6-2)20(26)32-8-4/h5-6,17-18H,1-2,7-16H2,3-4H3. The van der Waals surface area contributed by atoms with Gasteiger partial charge in [0.25, 0.3) is 0 Å². The van der Waals surface area contributed by atoms with Crippen molar-refractivity contribution in [1.29, 1.82) is 0 Å². The Morgan fingerprint density at radius 1 is 0.647 bits per heavy atom. The van der Waals surface area contributed by atoms with Crippen LogP contribution < -0.4 is 0 Å². The van der Waals surface area contributed by atoms with E-state index in [1.807, 2.05) is 0 Å². The Morgan fingerprint density at radius 3 is 1.26 bits per heavy atom. The summed E-state index contributed by atoms with van der Waals surface area (Å²) in [5.41, 5.74) is -2.56. The summed E-state index contributed by atoms with van der Waals surface area (Å²) < 4.78 is 31.0. The molecule has 34 heavy (non-hydrogen) atoms. The third kappa shape index (κ3) is 6.04. The number of rotatable bonds is 17. The van der Waals surface area contributed by atoms with Crippen molar-refractivity contribution in [2.24, 2.45) is 22.7 Å². The zero-order chi connectivity index (χ0) is 25.2. The first-order chi connectivity index (χ1) is 16.3. The van der Waals surface area contributed by atoms with Crippen LogP contribution in [-0.2, 0) is 47.6 Å². The van der Waals surface area contributed by atoms with Crippen LogP contribution in [0, 0.1) is 22.7 Å². The van der Waals surface area contributed by atoms with Crippen molar-refractivity contribution < 1.29 is 47.6 Å². The average Bonchev–Trinajstić information content (AvgIpc) is 3.73. The SMILES string of the molecule is C=CC1CC1(C(=O)OCC)C(=O)OCCOCCOCCOC(=O)C1(C(=O)OCC)CC1C=C. The van der Waals surface area contributed by atoms with E-state index in [0.29, 0.717) is 12.8 Å². The Kier molecular flexibility index (Phi) is 10.2. The predicted octanol–water partition coefficient (Wildman–Crippen LogP) is 1.62. The summed E-state index contributed by atoms with van der Waals surface area (Å²) in [4.78, 5) is 48.9. The molecule has 190 valence electrons. The van der Waals surface area contributed by atoms with Crippen LogP contribution in [0.15, 0.2) is 25.3 Å². The summed E-state index contributed by atoms with van der Waals surface area (Å²) >= 11 is 0. The maximum atomic E-state index is 12.3. The molecule has 0 amide bonds. The van der Waals surface area contributed by atoms with Gasteiger partial charge in [-0.15, -0.1) is 13.2 Å². The molecule has 0 aliphatic heterocycles. The Labute approximate surface area is 199 Å². The molecule has 0 aromatic rings. The third-order valence-corrected chi connectivity index (χ3v) is 5.90. The van der Waals surface area contributed by atoms with Gasteiger partial charge in [-0.2, -0.15) is 0 Å². The van der Waals surface area contributed by atoms with E-state index >= 15 is 0 Å². The molecule has 2 aliphatic rings. The minimum atomic E-state index is -1.28. The second-order valence-corrected chi connectivity index (χ2v) is 7.97. The van der Waals surface area contributed by atoms with E-state index in [0.717, 1.165) is 0 Å². The average molecular weight is 483 g/mol. The van der Waals surface area contributed by atoms with Crippen molar-refractivity contribution in [2.75, 3.05) is 52.9 Å². The minimum absolute atomic E-state index is 0.0120. The molecule has 0 radical (unpaired) electrons. The maximum Gasteiger partial charge on any atom is 0.324 e. The molecule has 2 fully saturated rings. The number of ether oxygens (including phenoxy) is 6. The topological polar surface area (TPSA) is 124 Å². The maximum absolute atomic E-state index is 12.3. The van der Waals surface area contributed by atoms with E-state index in [9.17, 15) is 19.2 Å². The van der Waals surface area contributed by atoms with Crippen LogP contribution in [0.25, 0.3) is 0 Å². The van der Waals surface area contributed by atoms with Crippen LogP contribution in [0.3, 0.4) is 0 Å². The van der Waals surface area contributed by atoms with Crippen LogP contribution in [0.2, 0.25) is 0 Å². The van der Waals surface area contributed by atoms with Gasteiger partial charge in [-0.05, 0) is 26.7 Å². The molecule has 4 atom stereocenters. The lowest BCUT2D eigenvalue weighted by Gasteiger charge is -2.15. The molecule has 4 unspecified atom stereocenters. The van der Waals surface area contributed by atoms with E-state index in [1.54, 1.807) is 26.0 Å². The number of hydrogen-bond acceptors (Lipinski definition) is 10. The number of carbonyl (C=O) groups is 4. The Bertz CT molecular complexity index is 714. The fraction of sp³-hybridized carbons (Fsp3) is 0.667. The lowest BCUT2D eigenvalue weighted by atomic mass is 10.0. The first-order valence-electron chi connectivity index (χ1n) is 11.4. The van der Waals surface area contributed by atoms with Crippen molar-refractivity contribution in [3.63, 3.8) is 0 Å². The molecule has 0 aromatic heterocycles. The molecule has 2 saturated carbocycles. The fourth-order valence-electron chi connectivity index (χ4n) is 3.74. The largest absolute Gasteiger partial charge is 0.465 e. The summed E-state index contributed by atoms with van der Waals surface area (Å²) in [5, 5.41) is 0. The van der Waals surface area contributed by atoms with E-state index in [2.05, 4.69) is 13.2 Å². The second-order valence-electron chi connectivity index (χ2n) is 7.97. The van der Waals surface area contributed by atoms with Gasteiger partial charge in [0.2, 0.25) is 0 Å². The first-order valence-corrected chi connectivity index (χ1v) is 11.4. The number of carbonyl (C=O) groups excluding carboxylic acids is 4. The molecule has 0 aromatic carbocycles. The molecule has 0 bridgehead atoms. The van der Waals surface area contributed by atoms with Crippen LogP contribution in [0.1, 0.15) is 26.7 Å². The Balaban J connectivity index is 1.55. The van der Waals surface area contributed by atoms with Gasteiger partial charge < -0.3 is 28.4 Å². The Morgan fingerprint density at radius 2 is 0.971 bits per heavy atom. The molecule has 0 saturated heterocycles. The van der Waals surface area contributed by atoms with Crippen molar-refractivity contribution in [3.8, 4) is 0 Å². The highest BCUT2D eigenvalue weighted by molar-refractivity contribution is 6.05. The van der Waals surface area contributed by atoms with E-state index in [-0.39, 0.29) is 64.7 Å². The molecule has 10 nitrogen and oxygen atoms in total. The van der Waals surface area contributed by atoms with Gasteiger partial charge in [0.15, 0.2) is 10.8 Å². The van der Waals surface area contributed by atoms with Crippen LogP contribution >= 0.6 is 0 Å². The first kappa shape index (κ1) is 27.5. The number of hydrogen-bond donors (Lipinski definition) is 0. The molecule has 0 heterocycles. The summed E-state index contributed by atoms with van der Waals surface area (Å²) in [7, 11) is 0. The van der Waals surface area contributed by atoms with Gasteiger partial charge in [-0.25, -0.2) is 0 Å². The van der Waals surface area contributed by atoms with Gasteiger partial charge in [-0.1, -0.05) is 12.2 Å². The highest BCUT2D eigenvalue weighted by Crippen LogP contribution is 2.56. The molecular weight excluding hydrogens is 448 g/mol. The highest BCUT2D eigenvalue weighted by Gasteiger charge is 2.67. The minimum Gasteiger partial charge on any atom is -0.465 e. The van der Waals surface area contributed by atoms with Crippen LogP contribution in [0.5, 0.6) is 0 Å². The lowest BCUT2D eigenvalue weighted by molar-refractivity contribution is -0.168. The van der Waals surface area contributed by atoms with Gasteiger partial charge in [0.1, 0.15) is 13.2 Å². The fourth-order valence-corrected chi connectivity index (χ4v) is 3.74. The molecule has 10 heteroatoms. The Hall–Kier alpha value is -2.72. The van der Waals surface area contributed by atoms with Crippen molar-refractivity contribution >= 4 is 23.9 Å². The van der Waals surface area contributed by atoms with Gasteiger partial charge in [0, 0.05) is 11.8 Å². The molecule has 0 N–H and O–H groups in total. The molecule has 2 aliphatic carbocycles. The number of esters is 4. The smallest absolute Gasteiger partial charge is 0.324 e. The van der Waals surface area contributed by atoms with Crippen molar-refractivity contribution in [1.82, 2.24) is 0 Å². The van der Waals surface area contributed by atoms with Crippen molar-refractivity contribution in [3.05, 3.63) is 25.3 Å². The molecule has 0 spiro atoms. The predicted molar refractivity (Wildman–Crippen MR) is 118 cm³/mol. The molecule has 2 rings (SSSR count). The third-order valence-electron chi connectivity index (χ3n) is 5.90. The zero-order valence-corrected chi connectivity index (χ0v) is 19.9. The summed E-state index contributed by atoms with van der Waals surface area (Å²) in [5.74, 6) is -3.00. The normalized spacial score (nSPS) is 26.6. The van der Waals surface area contributed by atoms with E-state index in [1.165, 1.54) is 0 Å². The van der Waals surface area contributed by atoms with Gasteiger partial charge >= 0.3 is 23.9 Å². The van der Waals surface area contributed by atoms with Crippen LogP contribution in [0.4, 0.5) is 0 Å². The highest BCUT2D eigenvalue weighted by atomic mass is 16.6. The van der Waals surface area contributed by atoms with Crippen LogP contribution in [-0.4, -0.2) is 76.7 Å². The van der Waals surface area contributed by atoms with Crippen molar-refractivity contribution in [2.45, 2.75) is 26.7 Å². The van der Waals surface area contributed by atoms with Gasteiger partial charge in [0.05, 0.1) is 39.6 Å². The lowest BCUT2D eigenvalue weighted by Crippen LogP contribution is -2.32. The zero-order valence-electron chi connectivity index (χ0n) is 19.9. The van der Waals surface area contributed by atoms with E-state index in [4.69, 9.17) is 28.4 Å². The summed E-state index contributed by atoms with van der Waals surface area (Å²) in [6, 6.07) is 0. The number of allylic oxidation sites excluding steroid dienone is 2. The molecular formula is C24H34O10. The summed E-state index contributed by atoms with van der Waals surface area (Å²) in [6.07, 6.45) is 3.79. The monoisotopic (exact) mass is 482 g/mol. The summed E-state index contributed by atoms with van der Waals surface area (Å²) in [6.45, 7) is 11.7. The van der Waals surface area contributed by atoms with Gasteiger partial charge in [-0.3, -0.25) is 19.2 Å². The quantitative estimate of drug-likeness (QED) is 0.0993. The second kappa shape index (κ2) is 12.7. The van der Waals surface area contributed by atoms with E-state index < -0.39 is 34.7 Å².